The number of ether oxygens (including phenoxy) is 1. The van der Waals surface area contributed by atoms with E-state index in [1.807, 2.05) is 17.9 Å². The molecule has 1 saturated carbocycles. The summed E-state index contributed by atoms with van der Waals surface area (Å²) in [6.45, 7) is 7.79. The smallest absolute Gasteiger partial charge is 0.228 e. The fourth-order valence-electron chi connectivity index (χ4n) is 4.30. The molecule has 0 aromatic carbocycles. The number of aliphatic hydroxyl groups is 1. The molecule has 0 bridgehead atoms. The number of carbonyl (C=O) groups is 1. The SMILES string of the molecule is CCC[C@H](CO)C(=O)N1CC2(CCC(Oc3ccc(C)c(C)n3)CC2)C1. The minimum absolute atomic E-state index is 0.0327. The molecular weight excluding hydrogens is 328 g/mol. The normalized spacial score (nSPS) is 20.7. The van der Waals surface area contributed by atoms with Crippen molar-refractivity contribution in [3.63, 3.8) is 0 Å². The fourth-order valence-corrected chi connectivity index (χ4v) is 4.30. The van der Waals surface area contributed by atoms with Crippen LogP contribution in [0, 0.1) is 25.2 Å². The van der Waals surface area contributed by atoms with Crippen molar-refractivity contribution in [3.8, 4) is 5.88 Å². The molecule has 26 heavy (non-hydrogen) atoms. The number of aryl methyl sites for hydroxylation is 2. The first-order valence-electron chi connectivity index (χ1n) is 9.97. The van der Waals surface area contributed by atoms with E-state index in [0.29, 0.717) is 0 Å². The van der Waals surface area contributed by atoms with Crippen molar-refractivity contribution >= 4 is 5.91 Å². The summed E-state index contributed by atoms with van der Waals surface area (Å²) in [5.74, 6) is 0.648. The molecule has 0 radical (unpaired) electrons. The molecule has 1 N–H and O–H groups in total. The Morgan fingerprint density at radius 3 is 2.62 bits per heavy atom. The number of pyridine rings is 1. The van der Waals surface area contributed by atoms with Crippen molar-refractivity contribution in [3.05, 3.63) is 23.4 Å². The number of nitrogens with zero attached hydrogens (tertiary/aromatic N) is 2. The largest absolute Gasteiger partial charge is 0.474 e. The highest BCUT2D eigenvalue weighted by atomic mass is 16.5. The zero-order valence-corrected chi connectivity index (χ0v) is 16.3. The number of likely N-dealkylation sites (tertiary alicyclic amines) is 1. The molecule has 5 nitrogen and oxygen atoms in total. The lowest BCUT2D eigenvalue weighted by Gasteiger charge is -2.54. The van der Waals surface area contributed by atoms with Crippen molar-refractivity contribution in [1.29, 1.82) is 0 Å². The molecule has 5 heteroatoms. The third kappa shape index (κ3) is 4.03. The zero-order chi connectivity index (χ0) is 18.7. The van der Waals surface area contributed by atoms with Crippen molar-refractivity contribution in [1.82, 2.24) is 9.88 Å². The summed E-state index contributed by atoms with van der Waals surface area (Å²) in [5.41, 5.74) is 2.48. The molecule has 1 aromatic rings. The monoisotopic (exact) mass is 360 g/mol. The average molecular weight is 360 g/mol. The van der Waals surface area contributed by atoms with E-state index in [0.717, 1.165) is 63.2 Å². The predicted molar refractivity (Wildman–Crippen MR) is 101 cm³/mol. The second-order valence-corrected chi connectivity index (χ2v) is 8.23. The maximum Gasteiger partial charge on any atom is 0.228 e. The molecule has 2 heterocycles. The van der Waals surface area contributed by atoms with Crippen LogP contribution < -0.4 is 4.74 Å². The van der Waals surface area contributed by atoms with Gasteiger partial charge in [0, 0.05) is 30.3 Å². The summed E-state index contributed by atoms with van der Waals surface area (Å²) in [6, 6.07) is 4.02. The third-order valence-corrected chi connectivity index (χ3v) is 6.18. The molecule has 1 aliphatic heterocycles. The van der Waals surface area contributed by atoms with Crippen LogP contribution >= 0.6 is 0 Å². The van der Waals surface area contributed by atoms with Gasteiger partial charge in [0.25, 0.3) is 0 Å². The van der Waals surface area contributed by atoms with Gasteiger partial charge in [-0.15, -0.1) is 0 Å². The van der Waals surface area contributed by atoms with Gasteiger partial charge in [-0.3, -0.25) is 4.79 Å². The van der Waals surface area contributed by atoms with Gasteiger partial charge in [0.2, 0.25) is 11.8 Å². The second kappa shape index (κ2) is 7.95. The second-order valence-electron chi connectivity index (χ2n) is 8.23. The molecule has 1 amide bonds. The van der Waals surface area contributed by atoms with Crippen molar-refractivity contribution in [2.24, 2.45) is 11.3 Å². The average Bonchev–Trinajstić information content (AvgIpc) is 2.61. The van der Waals surface area contributed by atoms with Crippen LogP contribution in [0.1, 0.15) is 56.7 Å². The quantitative estimate of drug-likeness (QED) is 0.846. The van der Waals surface area contributed by atoms with Crippen LogP contribution in [0.2, 0.25) is 0 Å². The molecule has 2 aliphatic rings. The van der Waals surface area contributed by atoms with Gasteiger partial charge < -0.3 is 14.7 Å². The van der Waals surface area contributed by atoms with Crippen LogP contribution in [-0.2, 0) is 4.79 Å². The van der Waals surface area contributed by atoms with E-state index in [9.17, 15) is 9.90 Å². The highest BCUT2D eigenvalue weighted by Gasteiger charge is 2.48. The number of aromatic nitrogens is 1. The summed E-state index contributed by atoms with van der Waals surface area (Å²) < 4.78 is 6.09. The molecule has 144 valence electrons. The molecule has 1 aliphatic carbocycles. The number of carbonyl (C=O) groups excluding carboxylic acids is 1. The maximum absolute atomic E-state index is 12.5. The predicted octanol–water partition coefficient (Wildman–Crippen LogP) is 3.26. The number of rotatable bonds is 6. The van der Waals surface area contributed by atoms with Crippen LogP contribution in [-0.4, -0.2) is 46.7 Å². The van der Waals surface area contributed by atoms with E-state index < -0.39 is 0 Å². The minimum atomic E-state index is -0.215. The van der Waals surface area contributed by atoms with Crippen molar-refractivity contribution < 1.29 is 14.6 Å². The molecule has 1 saturated heterocycles. The van der Waals surface area contributed by atoms with Gasteiger partial charge in [-0.25, -0.2) is 4.98 Å². The van der Waals surface area contributed by atoms with Crippen LogP contribution in [0.15, 0.2) is 12.1 Å². The molecule has 2 fully saturated rings. The molecule has 1 atom stereocenters. The van der Waals surface area contributed by atoms with Gasteiger partial charge in [-0.05, 0) is 51.5 Å². The lowest BCUT2D eigenvalue weighted by atomic mass is 9.67. The van der Waals surface area contributed by atoms with Gasteiger partial charge in [0.15, 0.2) is 0 Å². The molecule has 1 spiro atoms. The Hall–Kier alpha value is -1.62. The molecule has 1 aromatic heterocycles. The highest BCUT2D eigenvalue weighted by Crippen LogP contribution is 2.45. The fraction of sp³-hybridized carbons (Fsp3) is 0.714. The van der Waals surface area contributed by atoms with Crippen molar-refractivity contribution in [2.75, 3.05) is 19.7 Å². The van der Waals surface area contributed by atoms with E-state index in [2.05, 4.69) is 24.9 Å². The first-order chi connectivity index (χ1) is 12.5. The Balaban J connectivity index is 1.47. The van der Waals surface area contributed by atoms with E-state index >= 15 is 0 Å². The van der Waals surface area contributed by atoms with Gasteiger partial charge in [0.1, 0.15) is 6.10 Å². The first kappa shape index (κ1) is 19.2. The standard InChI is InChI=1S/C21H32N2O3/c1-4-5-17(12-24)20(25)23-13-21(14-23)10-8-18(9-11-21)26-19-7-6-15(2)16(3)22-19/h6-7,17-18,24H,4-5,8-14H2,1-3H3/t17-/m1/s1. The minimum Gasteiger partial charge on any atom is -0.474 e. The number of aliphatic hydroxyl groups excluding tert-OH is 1. The van der Waals surface area contributed by atoms with E-state index in [1.165, 1.54) is 5.56 Å². The molecule has 0 unspecified atom stereocenters. The lowest BCUT2D eigenvalue weighted by Crippen LogP contribution is -2.61. The van der Waals surface area contributed by atoms with Gasteiger partial charge in [-0.1, -0.05) is 19.4 Å². The van der Waals surface area contributed by atoms with Crippen LogP contribution in [0.5, 0.6) is 5.88 Å². The van der Waals surface area contributed by atoms with Crippen molar-refractivity contribution in [2.45, 2.75) is 65.4 Å². The number of hydrogen-bond donors (Lipinski definition) is 1. The summed E-state index contributed by atoms with van der Waals surface area (Å²) >= 11 is 0. The van der Waals surface area contributed by atoms with E-state index in [1.54, 1.807) is 0 Å². The van der Waals surface area contributed by atoms with Gasteiger partial charge in [-0.2, -0.15) is 0 Å². The lowest BCUT2D eigenvalue weighted by molar-refractivity contribution is -0.153. The van der Waals surface area contributed by atoms with Crippen LogP contribution in [0.4, 0.5) is 0 Å². The van der Waals surface area contributed by atoms with E-state index in [4.69, 9.17) is 4.74 Å². The summed E-state index contributed by atoms with van der Waals surface area (Å²) in [6.07, 6.45) is 6.18. The summed E-state index contributed by atoms with van der Waals surface area (Å²) in [5, 5.41) is 9.44. The number of hydrogen-bond acceptors (Lipinski definition) is 4. The maximum atomic E-state index is 12.5. The zero-order valence-electron chi connectivity index (χ0n) is 16.3. The van der Waals surface area contributed by atoms with Crippen LogP contribution in [0.25, 0.3) is 0 Å². The topological polar surface area (TPSA) is 62.7 Å². The first-order valence-corrected chi connectivity index (χ1v) is 9.97. The summed E-state index contributed by atoms with van der Waals surface area (Å²) in [7, 11) is 0. The Bertz CT molecular complexity index is 630. The Morgan fingerprint density at radius 2 is 2.04 bits per heavy atom. The van der Waals surface area contributed by atoms with Gasteiger partial charge >= 0.3 is 0 Å². The highest BCUT2D eigenvalue weighted by molar-refractivity contribution is 5.80. The Labute approximate surface area is 156 Å². The number of amides is 1. The van der Waals surface area contributed by atoms with E-state index in [-0.39, 0.29) is 30.0 Å². The van der Waals surface area contributed by atoms with Crippen LogP contribution in [0.3, 0.4) is 0 Å². The van der Waals surface area contributed by atoms with Gasteiger partial charge in [0.05, 0.1) is 12.5 Å². The third-order valence-electron chi connectivity index (χ3n) is 6.18. The summed E-state index contributed by atoms with van der Waals surface area (Å²) in [4.78, 5) is 18.9. The Morgan fingerprint density at radius 1 is 1.35 bits per heavy atom. The molecular formula is C21H32N2O3. The molecule has 3 rings (SSSR count). The Kier molecular flexibility index (Phi) is 5.86.